The number of aromatic nitrogens is 1. The van der Waals surface area contributed by atoms with Crippen molar-refractivity contribution in [3.8, 4) is 0 Å². The predicted octanol–water partition coefficient (Wildman–Crippen LogP) is 5.33. The fourth-order valence-corrected chi connectivity index (χ4v) is 2.56. The molecule has 3 rings (SSSR count). The average molecular weight is 385 g/mol. The number of amides is 1. The Balaban J connectivity index is 1.60. The molecule has 0 saturated heterocycles. The van der Waals surface area contributed by atoms with Gasteiger partial charge in [-0.25, -0.2) is 4.98 Å². The van der Waals surface area contributed by atoms with Crippen LogP contribution >= 0.6 is 0 Å². The van der Waals surface area contributed by atoms with Crippen molar-refractivity contribution in [3.63, 3.8) is 0 Å². The quantitative estimate of drug-likeness (QED) is 0.624. The molecule has 0 spiro atoms. The Bertz CT molecular complexity index is 952. The molecule has 1 amide bonds. The molecular weight excluding hydrogens is 367 g/mol. The smallest absolute Gasteiger partial charge is 0.340 e. The molecule has 4 nitrogen and oxygen atoms in total. The van der Waals surface area contributed by atoms with E-state index in [9.17, 15) is 18.0 Å². The summed E-state index contributed by atoms with van der Waals surface area (Å²) in [7, 11) is 0. The zero-order chi connectivity index (χ0) is 20.1. The van der Waals surface area contributed by atoms with Gasteiger partial charge >= 0.3 is 6.18 Å². The minimum absolute atomic E-state index is 0.177. The van der Waals surface area contributed by atoms with Crippen molar-refractivity contribution in [2.24, 2.45) is 0 Å². The summed E-state index contributed by atoms with van der Waals surface area (Å²) >= 11 is 0. The number of carbonyl (C=O) groups excluding carboxylic acids is 1. The van der Waals surface area contributed by atoms with Crippen LogP contribution in [0.1, 0.15) is 16.7 Å². The number of benzene rings is 2. The fourth-order valence-electron chi connectivity index (χ4n) is 2.56. The number of hydrogen-bond donors (Lipinski definition) is 2. The van der Waals surface area contributed by atoms with Crippen molar-refractivity contribution < 1.29 is 18.0 Å². The van der Waals surface area contributed by atoms with E-state index in [0.29, 0.717) is 11.5 Å². The van der Waals surface area contributed by atoms with Gasteiger partial charge in [-0.15, -0.1) is 0 Å². The third-order valence-corrected chi connectivity index (χ3v) is 3.99. The van der Waals surface area contributed by atoms with Crippen molar-refractivity contribution in [1.29, 1.82) is 0 Å². The van der Waals surface area contributed by atoms with E-state index in [0.717, 1.165) is 23.3 Å². The standard InChI is InChI=1S/C21H18F3N3O/c1-14-5-7-15(8-6-14)11-20(28)27-18-9-10-19(25-13-18)26-17-4-2-3-16(12-17)21(22,23)24/h2-10,12-13H,11H2,1H3,(H,25,26)(H,27,28). The Kier molecular flexibility index (Phi) is 5.63. The average Bonchev–Trinajstić information content (AvgIpc) is 2.65. The molecule has 2 aromatic carbocycles. The molecule has 28 heavy (non-hydrogen) atoms. The molecule has 7 heteroatoms. The van der Waals surface area contributed by atoms with Gasteiger partial charge in [0.25, 0.3) is 0 Å². The van der Waals surface area contributed by atoms with E-state index in [2.05, 4.69) is 15.6 Å². The Hall–Kier alpha value is -3.35. The zero-order valence-electron chi connectivity index (χ0n) is 15.0. The first-order valence-corrected chi connectivity index (χ1v) is 8.55. The molecule has 3 aromatic rings. The van der Waals surface area contributed by atoms with Crippen LogP contribution in [0.4, 0.5) is 30.4 Å². The summed E-state index contributed by atoms with van der Waals surface area (Å²) in [6.07, 6.45) is -2.72. The third-order valence-electron chi connectivity index (χ3n) is 3.99. The number of halogens is 3. The van der Waals surface area contributed by atoms with Crippen LogP contribution in [0.15, 0.2) is 66.9 Å². The van der Waals surface area contributed by atoms with Crippen molar-refractivity contribution in [3.05, 3.63) is 83.6 Å². The number of carbonyl (C=O) groups is 1. The van der Waals surface area contributed by atoms with Gasteiger partial charge in [0, 0.05) is 5.69 Å². The lowest BCUT2D eigenvalue weighted by atomic mass is 10.1. The Morgan fingerprint density at radius 1 is 1.00 bits per heavy atom. The normalized spacial score (nSPS) is 11.1. The topological polar surface area (TPSA) is 54.0 Å². The van der Waals surface area contributed by atoms with Gasteiger partial charge in [-0.3, -0.25) is 4.79 Å². The molecule has 144 valence electrons. The van der Waals surface area contributed by atoms with Crippen molar-refractivity contribution >= 4 is 23.1 Å². The Morgan fingerprint density at radius 3 is 2.39 bits per heavy atom. The number of anilines is 3. The molecule has 0 atom stereocenters. The van der Waals surface area contributed by atoms with Gasteiger partial charge in [0.05, 0.1) is 23.9 Å². The second kappa shape index (κ2) is 8.12. The van der Waals surface area contributed by atoms with Crippen LogP contribution < -0.4 is 10.6 Å². The molecule has 2 N–H and O–H groups in total. The Labute approximate surface area is 160 Å². The highest BCUT2D eigenvalue weighted by molar-refractivity contribution is 5.92. The lowest BCUT2D eigenvalue weighted by Gasteiger charge is -2.11. The zero-order valence-corrected chi connectivity index (χ0v) is 15.0. The Morgan fingerprint density at radius 2 is 1.75 bits per heavy atom. The molecule has 0 aliphatic carbocycles. The van der Waals surface area contributed by atoms with Crippen LogP contribution in [0.3, 0.4) is 0 Å². The lowest BCUT2D eigenvalue weighted by molar-refractivity contribution is -0.137. The minimum atomic E-state index is -4.41. The molecule has 0 fully saturated rings. The van der Waals surface area contributed by atoms with E-state index in [1.807, 2.05) is 31.2 Å². The minimum Gasteiger partial charge on any atom is -0.340 e. The van der Waals surface area contributed by atoms with Crippen LogP contribution in [0, 0.1) is 6.92 Å². The van der Waals surface area contributed by atoms with Gasteiger partial charge in [-0.2, -0.15) is 13.2 Å². The highest BCUT2D eigenvalue weighted by Gasteiger charge is 2.30. The van der Waals surface area contributed by atoms with Crippen molar-refractivity contribution in [1.82, 2.24) is 4.98 Å². The van der Waals surface area contributed by atoms with Crippen LogP contribution in [0.5, 0.6) is 0 Å². The van der Waals surface area contributed by atoms with Crippen molar-refractivity contribution in [2.75, 3.05) is 10.6 Å². The monoisotopic (exact) mass is 385 g/mol. The maximum atomic E-state index is 12.8. The van der Waals surface area contributed by atoms with Gasteiger partial charge in [-0.1, -0.05) is 35.9 Å². The summed E-state index contributed by atoms with van der Waals surface area (Å²) in [6, 6.07) is 15.8. The molecular formula is C21H18F3N3O. The number of hydrogen-bond acceptors (Lipinski definition) is 3. The summed E-state index contributed by atoms with van der Waals surface area (Å²) in [5.74, 6) is 0.195. The van der Waals surface area contributed by atoms with Crippen LogP contribution in [0.2, 0.25) is 0 Å². The summed E-state index contributed by atoms with van der Waals surface area (Å²) in [4.78, 5) is 16.2. The van der Waals surface area contributed by atoms with Gasteiger partial charge < -0.3 is 10.6 Å². The molecule has 0 saturated carbocycles. The van der Waals surface area contributed by atoms with Crippen LogP contribution in [-0.4, -0.2) is 10.9 Å². The number of pyridine rings is 1. The van der Waals surface area contributed by atoms with Gasteiger partial charge in [0.1, 0.15) is 5.82 Å². The molecule has 0 aliphatic rings. The summed E-state index contributed by atoms with van der Waals surface area (Å²) in [5, 5.41) is 5.57. The summed E-state index contributed by atoms with van der Waals surface area (Å²) in [5.41, 5.74) is 2.07. The molecule has 1 aromatic heterocycles. The first-order valence-electron chi connectivity index (χ1n) is 8.55. The van der Waals surface area contributed by atoms with E-state index < -0.39 is 11.7 Å². The van der Waals surface area contributed by atoms with Gasteiger partial charge in [0.15, 0.2) is 0 Å². The molecule has 0 radical (unpaired) electrons. The second-order valence-electron chi connectivity index (χ2n) is 6.35. The predicted molar refractivity (Wildman–Crippen MR) is 102 cm³/mol. The van der Waals surface area contributed by atoms with E-state index in [1.165, 1.54) is 18.3 Å². The summed E-state index contributed by atoms with van der Waals surface area (Å²) < 4.78 is 38.3. The van der Waals surface area contributed by atoms with Crippen LogP contribution in [0.25, 0.3) is 0 Å². The first-order chi connectivity index (χ1) is 13.3. The lowest BCUT2D eigenvalue weighted by Crippen LogP contribution is -2.14. The molecule has 0 aliphatic heterocycles. The van der Waals surface area contributed by atoms with E-state index in [-0.39, 0.29) is 18.0 Å². The van der Waals surface area contributed by atoms with Gasteiger partial charge in [-0.05, 0) is 42.8 Å². The number of alkyl halides is 3. The largest absolute Gasteiger partial charge is 0.416 e. The van der Waals surface area contributed by atoms with Gasteiger partial charge in [0.2, 0.25) is 5.91 Å². The number of nitrogens with zero attached hydrogens (tertiary/aromatic N) is 1. The highest BCUT2D eigenvalue weighted by atomic mass is 19.4. The maximum absolute atomic E-state index is 12.8. The molecule has 0 bridgehead atoms. The maximum Gasteiger partial charge on any atom is 0.416 e. The van der Waals surface area contributed by atoms with E-state index in [1.54, 1.807) is 12.1 Å². The highest BCUT2D eigenvalue weighted by Crippen LogP contribution is 2.31. The van der Waals surface area contributed by atoms with Crippen LogP contribution in [-0.2, 0) is 17.4 Å². The number of rotatable bonds is 5. The van der Waals surface area contributed by atoms with Crippen molar-refractivity contribution in [2.45, 2.75) is 19.5 Å². The molecule has 0 unspecified atom stereocenters. The molecule has 1 heterocycles. The summed E-state index contributed by atoms with van der Waals surface area (Å²) in [6.45, 7) is 1.98. The second-order valence-corrected chi connectivity index (χ2v) is 6.35. The van der Waals surface area contributed by atoms with E-state index >= 15 is 0 Å². The third kappa shape index (κ3) is 5.33. The van der Waals surface area contributed by atoms with E-state index in [4.69, 9.17) is 0 Å². The fraction of sp³-hybridized carbons (Fsp3) is 0.143. The number of aryl methyl sites for hydroxylation is 1. The SMILES string of the molecule is Cc1ccc(CC(=O)Nc2ccc(Nc3cccc(C(F)(F)F)c3)nc2)cc1. The number of nitrogens with one attached hydrogen (secondary N) is 2. The first kappa shape index (κ1) is 19.4.